The van der Waals surface area contributed by atoms with E-state index in [4.69, 9.17) is 9.47 Å². The van der Waals surface area contributed by atoms with Gasteiger partial charge in [0, 0.05) is 50.6 Å². The molecule has 0 aromatic heterocycles. The Labute approximate surface area is 247 Å². The fourth-order valence-corrected chi connectivity index (χ4v) is 13.4. The standard InChI is InChI=1S/C32H46N4O6/c1-31-25-13-5-7-16-22(13)28-23(25)24-26(32(28,2)30(42-16)36-20(40)12-10-18(38)34-4)14-6-8-15(21(14)27(24)31)41-29(31)35-19(39)11-9-17(37)33-3/h13-16,21-30H,5-12H2,1-4H3,(H,33,37)(H,34,38)(H,35,39)(H,36,40)/t13-,14-,15-,16+,21+,22+,23-,24-,25+,26-,27-,28+,29+,30+,31+,32+/m1/s1. The second kappa shape index (κ2) is 9.16. The van der Waals surface area contributed by atoms with Crippen LogP contribution < -0.4 is 21.3 Å². The summed E-state index contributed by atoms with van der Waals surface area (Å²) in [4.78, 5) is 50.1. The van der Waals surface area contributed by atoms with Crippen LogP contribution in [0.1, 0.15) is 65.2 Å². The molecule has 6 aliphatic carbocycles. The maximum Gasteiger partial charge on any atom is 0.222 e. The molecule has 8 fully saturated rings. The van der Waals surface area contributed by atoms with Crippen LogP contribution in [0.2, 0.25) is 0 Å². The number of carbonyl (C=O) groups is 4. The van der Waals surface area contributed by atoms with Crippen LogP contribution in [-0.4, -0.2) is 62.4 Å². The van der Waals surface area contributed by atoms with Crippen LogP contribution in [0.15, 0.2) is 0 Å². The summed E-state index contributed by atoms with van der Waals surface area (Å²) in [5.41, 5.74) is -0.304. The SMILES string of the molecule is CNC(=O)CCC(=O)N[C@H]1O[C@H]2CC[C@@H]3[C@@H]2[C@H]2[C@@H]4[C@H]5[C@H]6[C@H]7[C@@H](CC[C@H]7O[C@H](NC(=O)CCC(=O)NC)[C@@]6(C)[C@@H]34)[C@H]5[C@@]21C. The summed E-state index contributed by atoms with van der Waals surface area (Å²) in [7, 11) is 3.20. The molecule has 8 rings (SSSR count). The van der Waals surface area contributed by atoms with Crippen LogP contribution in [0.5, 0.6) is 0 Å². The van der Waals surface area contributed by atoms with E-state index in [9.17, 15) is 19.2 Å². The highest BCUT2D eigenvalue weighted by molar-refractivity contribution is 5.84. The predicted molar refractivity (Wildman–Crippen MR) is 150 cm³/mol. The second-order valence-electron chi connectivity index (χ2n) is 15.2. The van der Waals surface area contributed by atoms with Gasteiger partial charge in [-0.25, -0.2) is 0 Å². The molecule has 2 aliphatic heterocycles. The van der Waals surface area contributed by atoms with E-state index in [0.29, 0.717) is 59.2 Å². The third kappa shape index (κ3) is 3.23. The lowest BCUT2D eigenvalue weighted by atomic mass is 9.60. The van der Waals surface area contributed by atoms with E-state index in [0.717, 1.165) is 25.7 Å². The first-order chi connectivity index (χ1) is 20.1. The van der Waals surface area contributed by atoms with Crippen molar-refractivity contribution in [2.45, 2.75) is 89.9 Å². The summed E-state index contributed by atoms with van der Waals surface area (Å²) < 4.78 is 13.9. The summed E-state index contributed by atoms with van der Waals surface area (Å²) in [6.07, 6.45) is 4.56. The van der Waals surface area contributed by atoms with Gasteiger partial charge in [0.05, 0.1) is 12.2 Å². The van der Waals surface area contributed by atoms with Gasteiger partial charge < -0.3 is 30.7 Å². The number of amides is 4. The molecule has 6 saturated carbocycles. The number of rotatable bonds is 8. The molecule has 0 aromatic carbocycles. The Morgan fingerprint density at radius 1 is 0.571 bits per heavy atom. The van der Waals surface area contributed by atoms with E-state index in [2.05, 4.69) is 35.1 Å². The molecule has 0 aromatic rings. The number of carbonyl (C=O) groups excluding carboxylic acids is 4. The first-order valence-corrected chi connectivity index (χ1v) is 16.4. The molecule has 4 amide bonds. The number of fused-ring (bicyclic) bond motifs is 4. The van der Waals surface area contributed by atoms with Crippen molar-refractivity contribution < 1.29 is 28.7 Å². The van der Waals surface area contributed by atoms with E-state index in [1.807, 2.05) is 0 Å². The van der Waals surface area contributed by atoms with Crippen molar-refractivity contribution in [3.05, 3.63) is 0 Å². The fourth-order valence-electron chi connectivity index (χ4n) is 13.4. The number of hydrogen-bond donors (Lipinski definition) is 4. The summed E-state index contributed by atoms with van der Waals surface area (Å²) in [5.74, 6) is 4.58. The Bertz CT molecular complexity index is 1140. The monoisotopic (exact) mass is 582 g/mol. The molecular formula is C32H46N4O6. The Hall–Kier alpha value is -2.20. The zero-order chi connectivity index (χ0) is 29.3. The summed E-state index contributed by atoms with van der Waals surface area (Å²) in [6, 6.07) is 0. The fraction of sp³-hybridized carbons (Fsp3) is 0.875. The van der Waals surface area contributed by atoms with Crippen LogP contribution in [0.3, 0.4) is 0 Å². The molecule has 8 aliphatic rings. The van der Waals surface area contributed by atoms with Crippen molar-refractivity contribution in [1.82, 2.24) is 21.3 Å². The normalized spacial score (nSPS) is 52.7. The van der Waals surface area contributed by atoms with Gasteiger partial charge in [0.1, 0.15) is 12.5 Å². The average molecular weight is 583 g/mol. The van der Waals surface area contributed by atoms with Gasteiger partial charge in [0.15, 0.2) is 0 Å². The van der Waals surface area contributed by atoms with Crippen LogP contribution in [0.4, 0.5) is 0 Å². The molecule has 2 saturated heterocycles. The van der Waals surface area contributed by atoms with Gasteiger partial charge >= 0.3 is 0 Å². The molecule has 230 valence electrons. The smallest absolute Gasteiger partial charge is 0.222 e. The third-order valence-corrected chi connectivity index (χ3v) is 14.2. The van der Waals surface area contributed by atoms with Gasteiger partial charge in [-0.15, -0.1) is 0 Å². The van der Waals surface area contributed by atoms with Crippen molar-refractivity contribution in [1.29, 1.82) is 0 Å². The lowest BCUT2D eigenvalue weighted by Gasteiger charge is -2.53. The summed E-state index contributed by atoms with van der Waals surface area (Å²) >= 11 is 0. The number of nitrogens with one attached hydrogen (secondary N) is 4. The van der Waals surface area contributed by atoms with E-state index < -0.39 is 0 Å². The summed E-state index contributed by atoms with van der Waals surface area (Å²) in [6.45, 7) is 4.86. The zero-order valence-electron chi connectivity index (χ0n) is 25.2. The lowest BCUT2D eigenvalue weighted by Crippen LogP contribution is -2.61. The zero-order valence-corrected chi connectivity index (χ0v) is 25.2. The highest BCUT2D eigenvalue weighted by Gasteiger charge is 2.87. The van der Waals surface area contributed by atoms with Crippen molar-refractivity contribution in [3.63, 3.8) is 0 Å². The number of ether oxygens (including phenoxy) is 2. The Morgan fingerprint density at radius 2 is 0.952 bits per heavy atom. The first-order valence-electron chi connectivity index (χ1n) is 16.4. The highest BCUT2D eigenvalue weighted by atomic mass is 16.5. The lowest BCUT2D eigenvalue weighted by molar-refractivity contribution is -0.208. The predicted octanol–water partition coefficient (Wildman–Crippen LogP) is 1.54. The first kappa shape index (κ1) is 27.4. The van der Waals surface area contributed by atoms with Crippen LogP contribution in [0, 0.1) is 70.0 Å². The average Bonchev–Trinajstić information content (AvgIpc) is 3.77. The number of hydrogen-bond acceptors (Lipinski definition) is 6. The van der Waals surface area contributed by atoms with Crippen LogP contribution in [-0.2, 0) is 28.7 Å². The van der Waals surface area contributed by atoms with Crippen molar-refractivity contribution in [2.75, 3.05) is 14.1 Å². The van der Waals surface area contributed by atoms with Crippen molar-refractivity contribution in [3.8, 4) is 0 Å². The molecular weight excluding hydrogens is 536 g/mol. The molecule has 10 nitrogen and oxygen atoms in total. The third-order valence-electron chi connectivity index (χ3n) is 14.2. The molecule has 0 bridgehead atoms. The minimum Gasteiger partial charge on any atom is -0.359 e. The molecule has 16 atom stereocenters. The van der Waals surface area contributed by atoms with Crippen molar-refractivity contribution >= 4 is 23.6 Å². The van der Waals surface area contributed by atoms with Crippen LogP contribution >= 0.6 is 0 Å². The largest absolute Gasteiger partial charge is 0.359 e. The molecule has 4 N–H and O–H groups in total. The molecule has 2 heterocycles. The second-order valence-corrected chi connectivity index (χ2v) is 15.2. The van der Waals surface area contributed by atoms with Gasteiger partial charge in [0.25, 0.3) is 0 Å². The Kier molecular flexibility index (Phi) is 5.97. The summed E-state index contributed by atoms with van der Waals surface area (Å²) in [5, 5.41) is 11.9. The van der Waals surface area contributed by atoms with Gasteiger partial charge in [-0.3, -0.25) is 19.2 Å². The molecule has 0 unspecified atom stereocenters. The van der Waals surface area contributed by atoms with E-state index in [-0.39, 0.29) is 84.8 Å². The van der Waals surface area contributed by atoms with E-state index in [1.165, 1.54) is 0 Å². The quantitative estimate of drug-likeness (QED) is 0.343. The van der Waals surface area contributed by atoms with Gasteiger partial charge in [0.2, 0.25) is 23.6 Å². The van der Waals surface area contributed by atoms with E-state index >= 15 is 0 Å². The minimum atomic E-state index is -0.333. The highest BCUT2D eigenvalue weighted by Crippen LogP contribution is 2.87. The Morgan fingerprint density at radius 3 is 1.33 bits per heavy atom. The molecule has 10 heteroatoms. The molecule has 0 radical (unpaired) electrons. The van der Waals surface area contributed by atoms with Crippen molar-refractivity contribution in [2.24, 2.45) is 70.0 Å². The maximum atomic E-state index is 13.2. The Balaban J connectivity index is 1.14. The minimum absolute atomic E-state index is 0.100. The van der Waals surface area contributed by atoms with Gasteiger partial charge in [-0.2, -0.15) is 0 Å². The van der Waals surface area contributed by atoms with Gasteiger partial charge in [-0.1, -0.05) is 13.8 Å². The molecule has 42 heavy (non-hydrogen) atoms. The topological polar surface area (TPSA) is 135 Å². The van der Waals surface area contributed by atoms with E-state index in [1.54, 1.807) is 14.1 Å². The molecule has 0 spiro atoms. The van der Waals surface area contributed by atoms with Crippen LogP contribution in [0.25, 0.3) is 0 Å². The van der Waals surface area contributed by atoms with Gasteiger partial charge in [-0.05, 0) is 84.9 Å². The maximum absolute atomic E-state index is 13.2.